The van der Waals surface area contributed by atoms with Gasteiger partial charge in [-0.2, -0.15) is 0 Å². The van der Waals surface area contributed by atoms with Gasteiger partial charge in [0.25, 0.3) is 0 Å². The maximum atomic E-state index is 8.65. The summed E-state index contributed by atoms with van der Waals surface area (Å²) in [6.45, 7) is 0. The highest BCUT2D eigenvalue weighted by Crippen LogP contribution is 1.95. The molecule has 1 aromatic rings. The fraction of sp³-hybridized carbons (Fsp3) is 0. The molecular formula is C6H12BNO4. The third-order valence-electron chi connectivity index (χ3n) is 1.21. The molecule has 5 nitrogen and oxygen atoms in total. The topological polar surface area (TPSA) is 129 Å². The second kappa shape index (κ2) is 5.56. The van der Waals surface area contributed by atoms with Gasteiger partial charge in [0, 0.05) is 5.69 Å². The molecule has 0 atom stereocenters. The van der Waals surface area contributed by atoms with Crippen molar-refractivity contribution in [2.45, 2.75) is 0 Å². The zero-order valence-electron chi connectivity index (χ0n) is 6.36. The normalized spacial score (nSPS) is 7.83. The van der Waals surface area contributed by atoms with E-state index in [4.69, 9.17) is 15.8 Å². The van der Waals surface area contributed by atoms with Gasteiger partial charge in [0.15, 0.2) is 0 Å². The largest absolute Gasteiger partial charge is 0.488 e. The molecule has 68 valence electrons. The molecule has 1 aromatic carbocycles. The lowest BCUT2D eigenvalue weighted by Gasteiger charge is -1.98. The van der Waals surface area contributed by atoms with Crippen LogP contribution in [0.4, 0.5) is 5.69 Å². The van der Waals surface area contributed by atoms with Crippen molar-refractivity contribution in [2.75, 3.05) is 5.73 Å². The lowest BCUT2D eigenvalue weighted by molar-refractivity contribution is 0.426. The van der Waals surface area contributed by atoms with E-state index in [2.05, 4.69) is 0 Å². The molecule has 0 aliphatic carbocycles. The Labute approximate surface area is 70.2 Å². The molecular weight excluding hydrogens is 161 g/mol. The van der Waals surface area contributed by atoms with E-state index in [-0.39, 0.29) is 11.0 Å². The lowest BCUT2D eigenvalue weighted by atomic mass is 9.80. The molecule has 0 aliphatic heterocycles. The van der Waals surface area contributed by atoms with E-state index in [1.54, 1.807) is 18.2 Å². The van der Waals surface area contributed by atoms with Crippen molar-refractivity contribution >= 4 is 18.3 Å². The van der Waals surface area contributed by atoms with Crippen molar-refractivity contribution < 1.29 is 21.0 Å². The molecule has 0 unspecified atom stereocenters. The molecule has 0 radical (unpaired) electrons. The van der Waals surface area contributed by atoms with Crippen molar-refractivity contribution in [2.24, 2.45) is 0 Å². The Balaban J connectivity index is 0. The van der Waals surface area contributed by atoms with Crippen molar-refractivity contribution in [3.8, 4) is 0 Å². The average molecular weight is 173 g/mol. The number of hydrogen-bond donors (Lipinski definition) is 3. The zero-order chi connectivity index (χ0) is 7.56. The molecule has 0 aliphatic rings. The van der Waals surface area contributed by atoms with Crippen LogP contribution in [0.15, 0.2) is 24.3 Å². The van der Waals surface area contributed by atoms with E-state index in [1.807, 2.05) is 0 Å². The SMILES string of the molecule is Nc1cccc(B(O)O)c1.O.O. The number of benzene rings is 1. The Hall–Kier alpha value is -1.08. The Bertz CT molecular complexity index is 231. The van der Waals surface area contributed by atoms with Crippen molar-refractivity contribution in [1.82, 2.24) is 0 Å². The van der Waals surface area contributed by atoms with Crippen LogP contribution in [0.1, 0.15) is 0 Å². The molecule has 0 heterocycles. The van der Waals surface area contributed by atoms with Crippen molar-refractivity contribution in [3.63, 3.8) is 0 Å². The third-order valence-corrected chi connectivity index (χ3v) is 1.21. The summed E-state index contributed by atoms with van der Waals surface area (Å²) in [6, 6.07) is 6.47. The molecule has 12 heavy (non-hydrogen) atoms. The molecule has 1 rings (SSSR count). The van der Waals surface area contributed by atoms with Crippen LogP contribution < -0.4 is 11.2 Å². The minimum atomic E-state index is -1.43. The first-order valence-electron chi connectivity index (χ1n) is 2.92. The number of nitrogens with two attached hydrogens (primary N) is 1. The Morgan fingerprint density at radius 3 is 2.08 bits per heavy atom. The van der Waals surface area contributed by atoms with Crippen LogP contribution in [0.2, 0.25) is 0 Å². The Morgan fingerprint density at radius 1 is 1.17 bits per heavy atom. The first kappa shape index (κ1) is 13.5. The van der Waals surface area contributed by atoms with Crippen LogP contribution in [0.5, 0.6) is 0 Å². The van der Waals surface area contributed by atoms with Crippen molar-refractivity contribution in [3.05, 3.63) is 24.3 Å². The van der Waals surface area contributed by atoms with E-state index in [0.717, 1.165) is 0 Å². The van der Waals surface area contributed by atoms with Crippen LogP contribution in [0.3, 0.4) is 0 Å². The van der Waals surface area contributed by atoms with Gasteiger partial charge in [-0.3, -0.25) is 0 Å². The summed E-state index contributed by atoms with van der Waals surface area (Å²) in [7, 11) is -1.43. The van der Waals surface area contributed by atoms with Gasteiger partial charge in [-0.25, -0.2) is 0 Å². The molecule has 8 N–H and O–H groups in total. The summed E-state index contributed by atoms with van der Waals surface area (Å²) in [5.41, 5.74) is 6.32. The van der Waals surface area contributed by atoms with E-state index >= 15 is 0 Å². The summed E-state index contributed by atoms with van der Waals surface area (Å²) < 4.78 is 0. The minimum absolute atomic E-state index is 0. The fourth-order valence-corrected chi connectivity index (χ4v) is 0.720. The molecule has 0 aromatic heterocycles. The smallest absolute Gasteiger partial charge is 0.423 e. The summed E-state index contributed by atoms with van der Waals surface area (Å²) in [5.74, 6) is 0. The van der Waals surface area contributed by atoms with Crippen LogP contribution >= 0.6 is 0 Å². The molecule has 0 saturated carbocycles. The van der Waals surface area contributed by atoms with Gasteiger partial charge in [0.05, 0.1) is 0 Å². The molecule has 0 amide bonds. The Kier molecular flexibility index (Phi) is 6.26. The van der Waals surface area contributed by atoms with Crippen LogP contribution in [0.25, 0.3) is 0 Å². The fourth-order valence-electron chi connectivity index (χ4n) is 0.720. The monoisotopic (exact) mass is 173 g/mol. The maximum Gasteiger partial charge on any atom is 0.488 e. The second-order valence-corrected chi connectivity index (χ2v) is 2.04. The Morgan fingerprint density at radius 2 is 1.75 bits per heavy atom. The van der Waals surface area contributed by atoms with Gasteiger partial charge in [-0.1, -0.05) is 12.1 Å². The predicted molar refractivity (Wildman–Crippen MR) is 47.9 cm³/mol. The van der Waals surface area contributed by atoms with Gasteiger partial charge < -0.3 is 26.7 Å². The zero-order valence-corrected chi connectivity index (χ0v) is 6.36. The van der Waals surface area contributed by atoms with Crippen LogP contribution in [-0.4, -0.2) is 28.1 Å². The molecule has 0 spiro atoms. The van der Waals surface area contributed by atoms with Crippen LogP contribution in [0, 0.1) is 0 Å². The van der Waals surface area contributed by atoms with Gasteiger partial charge >= 0.3 is 7.12 Å². The molecule has 0 fully saturated rings. The molecule has 0 saturated heterocycles. The predicted octanol–water partition coefficient (Wildman–Crippen LogP) is -2.70. The van der Waals surface area contributed by atoms with Crippen molar-refractivity contribution in [1.29, 1.82) is 0 Å². The number of anilines is 1. The second-order valence-electron chi connectivity index (χ2n) is 2.04. The summed E-state index contributed by atoms with van der Waals surface area (Å²) in [5, 5.41) is 17.3. The number of hydrogen-bond acceptors (Lipinski definition) is 3. The van der Waals surface area contributed by atoms with E-state index in [0.29, 0.717) is 11.2 Å². The summed E-state index contributed by atoms with van der Waals surface area (Å²) in [6.07, 6.45) is 0. The highest BCUT2D eigenvalue weighted by atomic mass is 16.4. The third kappa shape index (κ3) is 3.36. The summed E-state index contributed by atoms with van der Waals surface area (Å²) in [4.78, 5) is 0. The first-order chi connectivity index (χ1) is 4.70. The highest BCUT2D eigenvalue weighted by molar-refractivity contribution is 6.58. The lowest BCUT2D eigenvalue weighted by Crippen LogP contribution is -2.29. The highest BCUT2D eigenvalue weighted by Gasteiger charge is 2.09. The van der Waals surface area contributed by atoms with Gasteiger partial charge in [0.1, 0.15) is 0 Å². The molecule has 0 bridgehead atoms. The van der Waals surface area contributed by atoms with E-state index in [1.165, 1.54) is 6.07 Å². The minimum Gasteiger partial charge on any atom is -0.423 e. The van der Waals surface area contributed by atoms with E-state index in [9.17, 15) is 0 Å². The standard InChI is InChI=1S/C6H8BNO2.2H2O/c8-6-3-1-2-5(4-6)7(9)10;;/h1-4,9-10H,8H2;2*1H2. The van der Waals surface area contributed by atoms with Gasteiger partial charge in [-0.05, 0) is 17.6 Å². The quantitative estimate of drug-likeness (QED) is 0.315. The van der Waals surface area contributed by atoms with Crippen LogP contribution in [-0.2, 0) is 0 Å². The summed E-state index contributed by atoms with van der Waals surface area (Å²) >= 11 is 0. The number of nitrogen functional groups attached to an aromatic ring is 1. The molecule has 6 heteroatoms. The van der Waals surface area contributed by atoms with E-state index < -0.39 is 7.12 Å². The maximum absolute atomic E-state index is 8.65. The van der Waals surface area contributed by atoms with Gasteiger partial charge in [-0.15, -0.1) is 0 Å². The van der Waals surface area contributed by atoms with Gasteiger partial charge in [0.2, 0.25) is 0 Å². The first-order valence-corrected chi connectivity index (χ1v) is 2.92. The average Bonchev–Trinajstić information content (AvgIpc) is 1.88. The number of rotatable bonds is 1.